The van der Waals surface area contributed by atoms with Gasteiger partial charge >= 0.3 is 0 Å². The Morgan fingerprint density at radius 2 is 1.84 bits per heavy atom. The molecule has 19 heavy (non-hydrogen) atoms. The number of hydrogen-bond donors (Lipinski definition) is 1. The van der Waals surface area contributed by atoms with Crippen molar-refractivity contribution in [3.8, 4) is 0 Å². The molecule has 0 saturated carbocycles. The van der Waals surface area contributed by atoms with Crippen molar-refractivity contribution in [3.63, 3.8) is 0 Å². The van der Waals surface area contributed by atoms with Crippen molar-refractivity contribution >= 4 is 10.0 Å². The number of hydrogen-bond acceptors (Lipinski definition) is 4. The van der Waals surface area contributed by atoms with Gasteiger partial charge in [-0.3, -0.25) is 0 Å². The van der Waals surface area contributed by atoms with Gasteiger partial charge in [0.1, 0.15) is 0 Å². The van der Waals surface area contributed by atoms with Gasteiger partial charge in [-0.25, -0.2) is 8.42 Å². The second kappa shape index (κ2) is 5.68. The lowest BCUT2D eigenvalue weighted by Crippen LogP contribution is -2.47. The molecular weight excluding hydrogens is 264 g/mol. The maximum atomic E-state index is 12.4. The van der Waals surface area contributed by atoms with E-state index in [9.17, 15) is 8.42 Å². The Bertz CT molecular complexity index is 394. The quantitative estimate of drug-likeness (QED) is 0.828. The molecule has 0 amide bonds. The highest BCUT2D eigenvalue weighted by Crippen LogP contribution is 2.28. The van der Waals surface area contributed by atoms with Gasteiger partial charge in [0.25, 0.3) is 0 Å². The SMILES string of the molecule is O=S(=O)(CCC1CCCCN1)N1CC2CCC(C1)O2. The standard InChI is InChI=1S/C13H24N2O3S/c16-19(17,8-6-11-3-1-2-7-14-11)15-9-12-4-5-13(10-15)18-12/h11-14H,1-10H2. The highest BCUT2D eigenvalue weighted by Gasteiger charge is 2.38. The molecule has 0 radical (unpaired) electrons. The van der Waals surface area contributed by atoms with Crippen molar-refractivity contribution in [1.82, 2.24) is 9.62 Å². The molecule has 0 aromatic carbocycles. The smallest absolute Gasteiger partial charge is 0.214 e. The zero-order valence-electron chi connectivity index (χ0n) is 11.4. The molecule has 0 aromatic rings. The minimum absolute atomic E-state index is 0.140. The third-order valence-corrected chi connectivity index (χ3v) is 6.38. The van der Waals surface area contributed by atoms with Crippen LogP contribution in [0.25, 0.3) is 0 Å². The number of piperidine rings is 1. The second-order valence-electron chi connectivity index (χ2n) is 6.03. The molecule has 0 spiro atoms. The van der Waals surface area contributed by atoms with Gasteiger partial charge in [-0.15, -0.1) is 0 Å². The highest BCUT2D eigenvalue weighted by atomic mass is 32.2. The van der Waals surface area contributed by atoms with E-state index in [1.165, 1.54) is 12.8 Å². The number of sulfonamides is 1. The monoisotopic (exact) mass is 288 g/mol. The van der Waals surface area contributed by atoms with Gasteiger partial charge in [0, 0.05) is 19.1 Å². The number of ether oxygens (including phenoxy) is 1. The fourth-order valence-electron chi connectivity index (χ4n) is 3.40. The fraction of sp³-hybridized carbons (Fsp3) is 1.00. The zero-order valence-corrected chi connectivity index (χ0v) is 12.2. The molecule has 2 bridgehead atoms. The number of nitrogens with one attached hydrogen (secondary N) is 1. The largest absolute Gasteiger partial charge is 0.372 e. The van der Waals surface area contributed by atoms with Gasteiger partial charge in [-0.05, 0) is 38.6 Å². The zero-order chi connectivity index (χ0) is 13.3. The summed E-state index contributed by atoms with van der Waals surface area (Å²) in [6.07, 6.45) is 6.61. The Balaban J connectivity index is 1.53. The average Bonchev–Trinajstić information content (AvgIpc) is 2.76. The molecular formula is C13H24N2O3S. The molecule has 0 aliphatic carbocycles. The van der Waals surface area contributed by atoms with E-state index < -0.39 is 10.0 Å². The van der Waals surface area contributed by atoms with Crippen LogP contribution in [0.5, 0.6) is 0 Å². The molecule has 110 valence electrons. The van der Waals surface area contributed by atoms with E-state index in [1.807, 2.05) is 0 Å². The predicted octanol–water partition coefficient (Wildman–Crippen LogP) is 0.712. The number of morpholine rings is 1. The van der Waals surface area contributed by atoms with Crippen LogP contribution in [0.4, 0.5) is 0 Å². The molecule has 3 fully saturated rings. The maximum absolute atomic E-state index is 12.4. The third-order valence-electron chi connectivity index (χ3n) is 4.54. The minimum atomic E-state index is -3.10. The lowest BCUT2D eigenvalue weighted by atomic mass is 10.0. The summed E-state index contributed by atoms with van der Waals surface area (Å²) >= 11 is 0. The van der Waals surface area contributed by atoms with Crippen LogP contribution in [-0.2, 0) is 14.8 Å². The molecule has 3 aliphatic heterocycles. The molecule has 3 atom stereocenters. The number of rotatable bonds is 4. The first-order valence-electron chi connectivity index (χ1n) is 7.50. The van der Waals surface area contributed by atoms with Gasteiger partial charge < -0.3 is 10.1 Å². The normalized spacial score (nSPS) is 36.5. The summed E-state index contributed by atoms with van der Waals surface area (Å²) in [5.41, 5.74) is 0. The van der Waals surface area contributed by atoms with Crippen molar-refractivity contribution in [2.24, 2.45) is 0 Å². The highest BCUT2D eigenvalue weighted by molar-refractivity contribution is 7.89. The van der Waals surface area contributed by atoms with Crippen LogP contribution in [0.15, 0.2) is 0 Å². The number of nitrogens with zero attached hydrogens (tertiary/aromatic N) is 1. The first-order chi connectivity index (χ1) is 9.13. The summed E-state index contributed by atoms with van der Waals surface area (Å²) in [7, 11) is -3.10. The van der Waals surface area contributed by atoms with Crippen LogP contribution in [0, 0.1) is 0 Å². The van der Waals surface area contributed by atoms with Crippen molar-refractivity contribution in [2.45, 2.75) is 56.8 Å². The minimum Gasteiger partial charge on any atom is -0.372 e. The van der Waals surface area contributed by atoms with Gasteiger partial charge in [0.15, 0.2) is 0 Å². The Labute approximate surface area is 115 Å². The number of fused-ring (bicyclic) bond motifs is 2. The first kappa shape index (κ1) is 13.8. The van der Waals surface area contributed by atoms with Crippen molar-refractivity contribution in [2.75, 3.05) is 25.4 Å². The Morgan fingerprint density at radius 3 is 2.47 bits per heavy atom. The Hall–Kier alpha value is -0.170. The summed E-state index contributed by atoms with van der Waals surface area (Å²) < 4.78 is 32.1. The van der Waals surface area contributed by atoms with E-state index in [0.29, 0.717) is 19.1 Å². The summed E-state index contributed by atoms with van der Waals surface area (Å²) in [6.45, 7) is 2.17. The van der Waals surface area contributed by atoms with Crippen LogP contribution in [0.3, 0.4) is 0 Å². The van der Waals surface area contributed by atoms with Crippen molar-refractivity contribution < 1.29 is 13.2 Å². The van der Waals surface area contributed by atoms with Crippen molar-refractivity contribution in [1.29, 1.82) is 0 Å². The molecule has 3 saturated heterocycles. The molecule has 1 N–H and O–H groups in total. The predicted molar refractivity (Wildman–Crippen MR) is 73.5 cm³/mol. The van der Waals surface area contributed by atoms with Crippen LogP contribution in [0.2, 0.25) is 0 Å². The maximum Gasteiger partial charge on any atom is 0.214 e. The van der Waals surface area contributed by atoms with E-state index in [-0.39, 0.29) is 18.0 Å². The first-order valence-corrected chi connectivity index (χ1v) is 9.11. The average molecular weight is 288 g/mol. The lowest BCUT2D eigenvalue weighted by Gasteiger charge is -2.32. The van der Waals surface area contributed by atoms with Crippen molar-refractivity contribution in [3.05, 3.63) is 0 Å². The molecule has 3 aliphatic rings. The van der Waals surface area contributed by atoms with E-state index in [2.05, 4.69) is 5.32 Å². The molecule has 3 unspecified atom stereocenters. The fourth-order valence-corrected chi connectivity index (χ4v) is 5.02. The molecule has 0 aromatic heterocycles. The Morgan fingerprint density at radius 1 is 1.11 bits per heavy atom. The van der Waals surface area contributed by atoms with E-state index in [0.717, 1.165) is 32.2 Å². The summed E-state index contributed by atoms with van der Waals surface area (Å²) in [5, 5.41) is 3.42. The topological polar surface area (TPSA) is 58.6 Å². The van der Waals surface area contributed by atoms with Gasteiger partial charge in [0.05, 0.1) is 18.0 Å². The third kappa shape index (κ3) is 3.29. The lowest BCUT2D eigenvalue weighted by molar-refractivity contribution is -0.0114. The Kier molecular flexibility index (Phi) is 4.12. The van der Waals surface area contributed by atoms with E-state index in [4.69, 9.17) is 4.74 Å². The summed E-state index contributed by atoms with van der Waals surface area (Å²) in [6, 6.07) is 0.390. The summed E-state index contributed by atoms with van der Waals surface area (Å²) in [4.78, 5) is 0. The second-order valence-corrected chi connectivity index (χ2v) is 8.11. The summed E-state index contributed by atoms with van der Waals surface area (Å²) in [5.74, 6) is 0.282. The van der Waals surface area contributed by atoms with E-state index in [1.54, 1.807) is 4.31 Å². The molecule has 3 rings (SSSR count). The van der Waals surface area contributed by atoms with Crippen LogP contribution < -0.4 is 5.32 Å². The van der Waals surface area contributed by atoms with Gasteiger partial charge in [-0.2, -0.15) is 4.31 Å². The van der Waals surface area contributed by atoms with Gasteiger partial charge in [-0.1, -0.05) is 6.42 Å². The van der Waals surface area contributed by atoms with E-state index >= 15 is 0 Å². The van der Waals surface area contributed by atoms with Crippen LogP contribution in [-0.4, -0.2) is 56.4 Å². The molecule has 3 heterocycles. The molecule has 6 heteroatoms. The van der Waals surface area contributed by atoms with Crippen LogP contribution >= 0.6 is 0 Å². The van der Waals surface area contributed by atoms with Gasteiger partial charge in [0.2, 0.25) is 10.0 Å². The molecule has 5 nitrogen and oxygen atoms in total. The van der Waals surface area contributed by atoms with Crippen LogP contribution in [0.1, 0.15) is 38.5 Å².